The number of hydrogen-bond donors (Lipinski definition) is 2. The summed E-state index contributed by atoms with van der Waals surface area (Å²) in [5.41, 5.74) is 8.08. The molecule has 9 heteroatoms. The monoisotopic (exact) mass is 402 g/mol. The van der Waals surface area contributed by atoms with Crippen LogP contribution in [0.25, 0.3) is 0 Å². The van der Waals surface area contributed by atoms with E-state index in [1.165, 1.54) is 11.5 Å². The van der Waals surface area contributed by atoms with Gasteiger partial charge in [-0.3, -0.25) is 9.59 Å². The number of aromatic nitrogens is 2. The van der Waals surface area contributed by atoms with E-state index in [0.29, 0.717) is 18.0 Å². The third kappa shape index (κ3) is 4.78. The van der Waals surface area contributed by atoms with Gasteiger partial charge in [0.2, 0.25) is 5.91 Å². The second kappa shape index (κ2) is 8.55. The number of piperidine rings is 1. The largest absolute Gasteiger partial charge is 0.370 e. The molecule has 3 rings (SSSR count). The summed E-state index contributed by atoms with van der Waals surface area (Å²) in [5.74, 6) is -0.125. The first kappa shape index (κ1) is 20.1. The highest BCUT2D eigenvalue weighted by atomic mass is 32.1. The smallest absolute Gasteiger partial charge is 0.269 e. The fraction of sp³-hybridized carbons (Fsp3) is 0.474. The molecule has 1 aliphatic rings. The maximum absolute atomic E-state index is 12.1. The normalized spacial score (nSPS) is 16.7. The van der Waals surface area contributed by atoms with E-state index in [0.717, 1.165) is 42.3 Å². The molecular formula is C19H26N6O2S. The van der Waals surface area contributed by atoms with Gasteiger partial charge < -0.3 is 20.9 Å². The Labute approximate surface area is 168 Å². The zero-order valence-corrected chi connectivity index (χ0v) is 17.3. The van der Waals surface area contributed by atoms with E-state index in [4.69, 9.17) is 5.73 Å². The molecule has 2 aromatic heterocycles. The standard InChI is InChI=1S/C19H26N6O2S/c1-12-7-16(28-23-12)22-15-9-14(10-21-18(15)19(20)27)25-6-4-5-13(11-25)8-17(26)24(2)3/h7,9-10,13,22H,4-6,8,11H2,1-3H3,(H2,20,27)/t13-/m0/s1. The number of hydrogen-bond acceptors (Lipinski definition) is 7. The molecule has 0 aromatic carbocycles. The van der Waals surface area contributed by atoms with Gasteiger partial charge in [0, 0.05) is 33.6 Å². The lowest BCUT2D eigenvalue weighted by Crippen LogP contribution is -2.38. The summed E-state index contributed by atoms with van der Waals surface area (Å²) in [7, 11) is 3.57. The van der Waals surface area contributed by atoms with Crippen LogP contribution in [0.5, 0.6) is 0 Å². The predicted octanol–water partition coefficient (Wildman–Crippen LogP) is 2.38. The van der Waals surface area contributed by atoms with E-state index in [-0.39, 0.29) is 11.6 Å². The highest BCUT2D eigenvalue weighted by molar-refractivity contribution is 7.10. The second-order valence-corrected chi connectivity index (χ2v) is 8.16. The number of carbonyl (C=O) groups excluding carboxylic acids is 2. The SMILES string of the molecule is Cc1cc(Nc2cc(N3CCC[C@@H](CC(=O)N(C)C)C3)cnc2C(N)=O)sn1. The van der Waals surface area contributed by atoms with Gasteiger partial charge in [-0.05, 0) is 49.3 Å². The summed E-state index contributed by atoms with van der Waals surface area (Å²) in [4.78, 5) is 32.0. The fourth-order valence-corrected chi connectivity index (χ4v) is 4.04. The summed E-state index contributed by atoms with van der Waals surface area (Å²) in [6, 6.07) is 3.81. The lowest BCUT2D eigenvalue weighted by molar-refractivity contribution is -0.129. The van der Waals surface area contributed by atoms with Crippen LogP contribution in [0.1, 0.15) is 35.4 Å². The summed E-state index contributed by atoms with van der Waals surface area (Å²) < 4.78 is 4.25. The number of nitrogens with zero attached hydrogens (tertiary/aromatic N) is 4. The van der Waals surface area contributed by atoms with Gasteiger partial charge in [-0.25, -0.2) is 4.98 Å². The first-order valence-corrected chi connectivity index (χ1v) is 10.1. The average molecular weight is 403 g/mol. The van der Waals surface area contributed by atoms with Crippen LogP contribution in [0.4, 0.5) is 16.4 Å². The number of nitrogens with one attached hydrogen (secondary N) is 1. The van der Waals surface area contributed by atoms with Crippen molar-refractivity contribution in [3.05, 3.63) is 29.7 Å². The summed E-state index contributed by atoms with van der Waals surface area (Å²) in [6.07, 6.45) is 4.27. The molecule has 2 aromatic rings. The number of nitrogens with two attached hydrogens (primary N) is 1. The van der Waals surface area contributed by atoms with Gasteiger partial charge in [0.25, 0.3) is 5.91 Å². The van der Waals surface area contributed by atoms with Gasteiger partial charge in [-0.15, -0.1) is 0 Å². The van der Waals surface area contributed by atoms with Gasteiger partial charge in [-0.1, -0.05) is 0 Å². The van der Waals surface area contributed by atoms with E-state index in [9.17, 15) is 9.59 Å². The third-order valence-electron chi connectivity index (χ3n) is 4.84. The topological polar surface area (TPSA) is 104 Å². The Hall–Kier alpha value is -2.68. The predicted molar refractivity (Wildman–Crippen MR) is 111 cm³/mol. The molecule has 1 saturated heterocycles. The molecule has 0 bridgehead atoms. The van der Waals surface area contributed by atoms with Crippen LogP contribution >= 0.6 is 11.5 Å². The van der Waals surface area contributed by atoms with Crippen molar-refractivity contribution in [2.24, 2.45) is 11.7 Å². The number of aryl methyl sites for hydroxylation is 1. The average Bonchev–Trinajstić information content (AvgIpc) is 3.06. The molecule has 0 aliphatic carbocycles. The molecule has 0 radical (unpaired) electrons. The maximum Gasteiger partial charge on any atom is 0.269 e. The zero-order valence-electron chi connectivity index (χ0n) is 16.4. The number of anilines is 3. The maximum atomic E-state index is 12.1. The number of carbonyl (C=O) groups is 2. The van der Waals surface area contributed by atoms with Crippen LogP contribution < -0.4 is 16.0 Å². The number of amides is 2. The van der Waals surface area contributed by atoms with Crippen LogP contribution in [0.2, 0.25) is 0 Å². The van der Waals surface area contributed by atoms with Crippen molar-refractivity contribution in [3.8, 4) is 0 Å². The first-order valence-electron chi connectivity index (χ1n) is 9.28. The molecular weight excluding hydrogens is 376 g/mol. The van der Waals surface area contributed by atoms with Gasteiger partial charge in [0.05, 0.1) is 23.3 Å². The Morgan fingerprint density at radius 1 is 1.39 bits per heavy atom. The number of pyridine rings is 1. The van der Waals surface area contributed by atoms with E-state index in [1.54, 1.807) is 25.2 Å². The molecule has 1 fully saturated rings. The molecule has 3 N–H and O–H groups in total. The van der Waals surface area contributed by atoms with E-state index in [1.807, 2.05) is 19.1 Å². The molecule has 3 heterocycles. The molecule has 150 valence electrons. The van der Waals surface area contributed by atoms with E-state index < -0.39 is 5.91 Å². The van der Waals surface area contributed by atoms with E-state index in [2.05, 4.69) is 19.6 Å². The van der Waals surface area contributed by atoms with Gasteiger partial charge >= 0.3 is 0 Å². The molecule has 0 spiro atoms. The molecule has 2 amide bonds. The van der Waals surface area contributed by atoms with Crippen molar-refractivity contribution in [3.63, 3.8) is 0 Å². The van der Waals surface area contributed by atoms with Crippen molar-refractivity contribution < 1.29 is 9.59 Å². The molecule has 0 unspecified atom stereocenters. The quantitative estimate of drug-likeness (QED) is 0.769. The molecule has 1 atom stereocenters. The minimum atomic E-state index is -0.580. The minimum absolute atomic E-state index is 0.150. The molecule has 28 heavy (non-hydrogen) atoms. The minimum Gasteiger partial charge on any atom is -0.370 e. The number of primary amides is 1. The highest BCUT2D eigenvalue weighted by Crippen LogP contribution is 2.30. The second-order valence-electron chi connectivity index (χ2n) is 7.36. The Morgan fingerprint density at radius 2 is 2.18 bits per heavy atom. The Morgan fingerprint density at radius 3 is 2.82 bits per heavy atom. The van der Waals surface area contributed by atoms with Crippen LogP contribution in [-0.4, -0.2) is 53.3 Å². The molecule has 0 saturated carbocycles. The molecule has 1 aliphatic heterocycles. The lowest BCUT2D eigenvalue weighted by atomic mass is 9.94. The van der Waals surface area contributed by atoms with Crippen LogP contribution in [-0.2, 0) is 4.79 Å². The van der Waals surface area contributed by atoms with Crippen molar-refractivity contribution in [1.29, 1.82) is 0 Å². The van der Waals surface area contributed by atoms with Crippen LogP contribution in [0.3, 0.4) is 0 Å². The lowest BCUT2D eigenvalue weighted by Gasteiger charge is -2.34. The van der Waals surface area contributed by atoms with Crippen molar-refractivity contribution in [1.82, 2.24) is 14.3 Å². The summed E-state index contributed by atoms with van der Waals surface area (Å²) in [6.45, 7) is 3.59. The van der Waals surface area contributed by atoms with Crippen molar-refractivity contribution in [2.45, 2.75) is 26.2 Å². The Kier molecular flexibility index (Phi) is 6.13. The van der Waals surface area contributed by atoms with Crippen LogP contribution in [0.15, 0.2) is 18.3 Å². The van der Waals surface area contributed by atoms with Gasteiger partial charge in [0.1, 0.15) is 5.00 Å². The molecule has 8 nitrogen and oxygen atoms in total. The Bertz CT molecular complexity index is 866. The van der Waals surface area contributed by atoms with Crippen molar-refractivity contribution in [2.75, 3.05) is 37.4 Å². The highest BCUT2D eigenvalue weighted by Gasteiger charge is 2.24. The Balaban J connectivity index is 1.80. The summed E-state index contributed by atoms with van der Waals surface area (Å²) >= 11 is 1.32. The third-order valence-corrected chi connectivity index (χ3v) is 5.63. The fourth-order valence-electron chi connectivity index (χ4n) is 3.37. The first-order chi connectivity index (χ1) is 13.3. The van der Waals surface area contributed by atoms with E-state index >= 15 is 0 Å². The van der Waals surface area contributed by atoms with Crippen LogP contribution in [0, 0.1) is 12.8 Å². The number of rotatable bonds is 6. The van der Waals surface area contributed by atoms with Gasteiger partial charge in [0.15, 0.2) is 5.69 Å². The summed E-state index contributed by atoms with van der Waals surface area (Å²) in [5, 5.41) is 4.04. The van der Waals surface area contributed by atoms with Crippen molar-refractivity contribution >= 4 is 39.7 Å². The van der Waals surface area contributed by atoms with Gasteiger partial charge in [-0.2, -0.15) is 4.37 Å². The zero-order chi connectivity index (χ0) is 20.3.